The molecular formula is C38H42FN4O5S+. The maximum absolute atomic E-state index is 14.0. The van der Waals surface area contributed by atoms with E-state index in [-0.39, 0.29) is 18.1 Å². The predicted molar refractivity (Wildman–Crippen MR) is 193 cm³/mol. The minimum Gasteiger partial charge on any atom is -0.479 e. The third kappa shape index (κ3) is 9.39. The normalized spacial score (nSPS) is 14.3. The highest BCUT2D eigenvalue weighted by Crippen LogP contribution is 2.34. The summed E-state index contributed by atoms with van der Waals surface area (Å²) in [5.74, 6) is -1.72. The molecule has 9 nitrogen and oxygen atoms in total. The molecule has 2 unspecified atom stereocenters. The van der Waals surface area contributed by atoms with Crippen LogP contribution in [0, 0.1) is 0 Å². The lowest BCUT2D eigenvalue weighted by atomic mass is 9.84. The number of urea groups is 1. The molecule has 3 amide bonds. The van der Waals surface area contributed by atoms with Crippen molar-refractivity contribution < 1.29 is 28.4 Å². The molecule has 256 valence electrons. The molecule has 0 bridgehead atoms. The van der Waals surface area contributed by atoms with Gasteiger partial charge < -0.3 is 15.7 Å². The number of alkyl halides is 1. The third-order valence-corrected chi connectivity index (χ3v) is 10.2. The Morgan fingerprint density at radius 3 is 2.22 bits per heavy atom. The van der Waals surface area contributed by atoms with Crippen LogP contribution in [0.3, 0.4) is 0 Å². The maximum Gasteiger partial charge on any atom is 0.340 e. The number of carboxylic acids is 1. The van der Waals surface area contributed by atoms with Crippen LogP contribution < -0.4 is 19.8 Å². The Morgan fingerprint density at radius 1 is 0.878 bits per heavy atom. The van der Waals surface area contributed by atoms with Crippen molar-refractivity contribution in [1.29, 1.82) is 0 Å². The van der Waals surface area contributed by atoms with E-state index in [1.165, 1.54) is 24.8 Å². The van der Waals surface area contributed by atoms with Crippen molar-refractivity contribution in [3.63, 3.8) is 0 Å². The summed E-state index contributed by atoms with van der Waals surface area (Å²) in [6, 6.07) is 31.1. The third-order valence-electron chi connectivity index (χ3n) is 8.63. The largest absolute Gasteiger partial charge is 0.479 e. The molecule has 0 spiro atoms. The Bertz CT molecular complexity index is 1700. The van der Waals surface area contributed by atoms with Crippen LogP contribution in [0.4, 0.5) is 26.2 Å². The van der Waals surface area contributed by atoms with E-state index < -0.39 is 36.0 Å². The van der Waals surface area contributed by atoms with E-state index in [4.69, 9.17) is 5.11 Å². The maximum atomic E-state index is 14.0. The number of carboxylic acid groups (broad SMARTS) is 1. The molecule has 4 N–H and O–H groups in total. The molecule has 0 aliphatic heterocycles. The van der Waals surface area contributed by atoms with Crippen LogP contribution in [0.15, 0.2) is 108 Å². The summed E-state index contributed by atoms with van der Waals surface area (Å²) in [5.41, 5.74) is 4.36. The number of nitrogens with zero attached hydrogens (tertiary/aromatic N) is 2. The Balaban J connectivity index is 1.35. The summed E-state index contributed by atoms with van der Waals surface area (Å²) in [6.07, 6.45) is 3.84. The number of halogens is 1. The minimum atomic E-state index is -2.20. The Hall–Kier alpha value is -4.87. The first-order chi connectivity index (χ1) is 23.7. The summed E-state index contributed by atoms with van der Waals surface area (Å²) in [5, 5.41) is 14.0. The van der Waals surface area contributed by atoms with Gasteiger partial charge in [0.1, 0.15) is 0 Å². The number of hydrogen-bond donors (Lipinski definition) is 4. The number of anilines is 3. The van der Waals surface area contributed by atoms with Crippen LogP contribution >= 0.6 is 0 Å². The van der Waals surface area contributed by atoms with Gasteiger partial charge >= 0.3 is 23.4 Å². The average molecular weight is 686 g/mol. The SMILES string of the molecule is CCN(c1ccccc1)[S+](O)c1cccc(NC(=O)N(Cc2ccc(C(=O)NCC(F)C(=O)O)cc2)c2ccc(C3CCCCC3)cc2)c1. The summed E-state index contributed by atoms with van der Waals surface area (Å²) in [4.78, 5) is 39.4. The van der Waals surface area contributed by atoms with E-state index in [0.29, 0.717) is 28.7 Å². The van der Waals surface area contributed by atoms with Gasteiger partial charge in [0, 0.05) is 23.0 Å². The molecule has 11 heteroatoms. The molecule has 0 aromatic heterocycles. The minimum absolute atomic E-state index is 0.184. The van der Waals surface area contributed by atoms with Gasteiger partial charge in [0.05, 0.1) is 25.3 Å². The molecule has 1 fully saturated rings. The molecule has 1 saturated carbocycles. The number of para-hydroxylation sites is 1. The van der Waals surface area contributed by atoms with Crippen molar-refractivity contribution in [2.24, 2.45) is 0 Å². The highest BCUT2D eigenvalue weighted by molar-refractivity contribution is 7.93. The first-order valence-electron chi connectivity index (χ1n) is 16.5. The smallest absolute Gasteiger partial charge is 0.340 e. The van der Waals surface area contributed by atoms with Gasteiger partial charge in [0.2, 0.25) is 11.1 Å². The van der Waals surface area contributed by atoms with Crippen molar-refractivity contribution in [3.05, 3.63) is 120 Å². The van der Waals surface area contributed by atoms with Crippen molar-refractivity contribution in [2.45, 2.75) is 62.6 Å². The van der Waals surface area contributed by atoms with E-state index in [0.717, 1.165) is 24.1 Å². The molecule has 4 aromatic rings. The second-order valence-corrected chi connectivity index (χ2v) is 13.4. The molecule has 49 heavy (non-hydrogen) atoms. The van der Waals surface area contributed by atoms with Crippen LogP contribution in [0.5, 0.6) is 0 Å². The average Bonchev–Trinajstić information content (AvgIpc) is 3.14. The topological polar surface area (TPSA) is 122 Å². The Morgan fingerprint density at radius 2 is 1.57 bits per heavy atom. The first kappa shape index (κ1) is 35.4. The zero-order valence-corrected chi connectivity index (χ0v) is 28.2. The van der Waals surface area contributed by atoms with E-state index in [9.17, 15) is 23.3 Å². The van der Waals surface area contributed by atoms with Gasteiger partial charge in [-0.15, -0.1) is 0 Å². The molecule has 4 aromatic carbocycles. The highest BCUT2D eigenvalue weighted by atomic mass is 32.2. The van der Waals surface area contributed by atoms with Gasteiger partial charge in [-0.25, -0.2) is 14.0 Å². The van der Waals surface area contributed by atoms with Gasteiger partial charge in [-0.05, 0) is 85.3 Å². The van der Waals surface area contributed by atoms with Crippen LogP contribution in [-0.4, -0.2) is 46.8 Å². The summed E-state index contributed by atoms with van der Waals surface area (Å²) in [7, 11) is 0. The van der Waals surface area contributed by atoms with Crippen LogP contribution in [0.2, 0.25) is 0 Å². The summed E-state index contributed by atoms with van der Waals surface area (Å²) < 4.78 is 26.7. The summed E-state index contributed by atoms with van der Waals surface area (Å²) in [6.45, 7) is 2.11. The van der Waals surface area contributed by atoms with Gasteiger partial charge in [0.15, 0.2) is 0 Å². The second-order valence-electron chi connectivity index (χ2n) is 12.0. The summed E-state index contributed by atoms with van der Waals surface area (Å²) >= 11 is -1.26. The van der Waals surface area contributed by atoms with Crippen molar-refractivity contribution in [1.82, 2.24) is 5.32 Å². The quantitative estimate of drug-likeness (QED) is 0.106. The van der Waals surface area contributed by atoms with Crippen LogP contribution in [-0.2, 0) is 22.7 Å². The number of carbonyl (C=O) groups excluding carboxylic acids is 2. The van der Waals surface area contributed by atoms with Crippen LogP contribution in [0.1, 0.15) is 66.4 Å². The number of rotatable bonds is 13. The van der Waals surface area contributed by atoms with Gasteiger partial charge in [-0.3, -0.25) is 9.69 Å². The molecule has 0 saturated heterocycles. The monoisotopic (exact) mass is 685 g/mol. The molecule has 5 rings (SSSR count). The molecule has 2 atom stereocenters. The lowest BCUT2D eigenvalue weighted by Gasteiger charge is -2.26. The second kappa shape index (κ2) is 17.0. The fourth-order valence-corrected chi connectivity index (χ4v) is 7.22. The standard InChI is InChI=1S/C38H41FN4O5S/c1-2-43(33-13-7-4-8-14-33)49(48)34-15-9-12-31(24-34)41-38(47)42(32-22-20-29(21-23-32)28-10-5-3-6-11-28)26-27-16-18-30(19-17-27)36(44)40-25-35(39)37(45)46/h4,7-9,12-24,28,35,48H,2-3,5-6,10-11,25-26H2,1H3,(H2-,40,41,44,45,46,47)/p+1. The molecule has 1 aliphatic carbocycles. The molecule has 0 heterocycles. The first-order valence-corrected chi connectivity index (χ1v) is 17.7. The van der Waals surface area contributed by atoms with E-state index >= 15 is 0 Å². The molecule has 1 aliphatic rings. The van der Waals surface area contributed by atoms with Crippen molar-refractivity contribution in [2.75, 3.05) is 27.6 Å². The van der Waals surface area contributed by atoms with Crippen molar-refractivity contribution >= 4 is 46.3 Å². The number of carbonyl (C=O) groups is 3. The number of benzene rings is 4. The fraction of sp³-hybridized carbons (Fsp3) is 0.289. The highest BCUT2D eigenvalue weighted by Gasteiger charge is 2.30. The van der Waals surface area contributed by atoms with Gasteiger partial charge in [0.25, 0.3) is 5.91 Å². The lowest BCUT2D eigenvalue weighted by Crippen LogP contribution is -2.35. The van der Waals surface area contributed by atoms with E-state index in [1.807, 2.05) is 59.8 Å². The number of nitrogens with one attached hydrogen (secondary N) is 2. The van der Waals surface area contributed by atoms with Gasteiger partial charge in [-0.2, -0.15) is 8.86 Å². The van der Waals surface area contributed by atoms with Crippen LogP contribution in [0.25, 0.3) is 0 Å². The van der Waals surface area contributed by atoms with Crippen molar-refractivity contribution in [3.8, 4) is 0 Å². The zero-order valence-electron chi connectivity index (χ0n) is 27.4. The molecular weight excluding hydrogens is 644 g/mol. The lowest BCUT2D eigenvalue weighted by molar-refractivity contribution is -0.142. The van der Waals surface area contributed by atoms with E-state index in [2.05, 4.69) is 22.8 Å². The Labute approximate surface area is 289 Å². The molecule has 0 radical (unpaired) electrons. The Kier molecular flexibility index (Phi) is 12.3. The fourth-order valence-electron chi connectivity index (χ4n) is 5.96. The van der Waals surface area contributed by atoms with Gasteiger partial charge in [-0.1, -0.05) is 67.8 Å². The van der Waals surface area contributed by atoms with E-state index in [1.54, 1.807) is 47.4 Å². The predicted octanol–water partition coefficient (Wildman–Crippen LogP) is 8.02. The number of aliphatic carboxylic acids is 1. The number of amides is 3. The zero-order chi connectivity index (χ0) is 34.8. The number of hydrogen-bond acceptors (Lipinski definition) is 5.